The van der Waals surface area contributed by atoms with Crippen molar-refractivity contribution in [3.05, 3.63) is 50.9 Å². The number of aryl methyl sites for hydroxylation is 2. The van der Waals surface area contributed by atoms with Gasteiger partial charge in [-0.05, 0) is 45.1 Å². The highest BCUT2D eigenvalue weighted by atomic mass is 32.1. The lowest BCUT2D eigenvalue weighted by Gasteiger charge is -2.22. The molecule has 1 N–H and O–H groups in total. The molecule has 0 radical (unpaired) electrons. The summed E-state index contributed by atoms with van der Waals surface area (Å²) < 4.78 is 1.61. The quantitative estimate of drug-likeness (QED) is 0.784. The average molecular weight is 355 g/mol. The summed E-state index contributed by atoms with van der Waals surface area (Å²) >= 11 is 1.50. The molecule has 1 aliphatic heterocycles. The number of thiazole rings is 1. The largest absolute Gasteiger partial charge is 0.344 e. The van der Waals surface area contributed by atoms with Crippen molar-refractivity contribution in [2.24, 2.45) is 0 Å². The van der Waals surface area contributed by atoms with Crippen molar-refractivity contribution in [2.75, 3.05) is 6.54 Å². The number of H-pyrrole nitrogens is 1. The monoisotopic (exact) mass is 355 g/mol. The summed E-state index contributed by atoms with van der Waals surface area (Å²) in [7, 11) is 0. The molecule has 130 valence electrons. The SMILES string of the molecule is O=c1cc(CN2CCCC2c2nc3c([nH]2)CCCC3)nc2sccn12. The third kappa shape index (κ3) is 2.71. The van der Waals surface area contributed by atoms with E-state index < -0.39 is 0 Å². The molecule has 0 bridgehead atoms. The van der Waals surface area contributed by atoms with Gasteiger partial charge in [0.25, 0.3) is 5.56 Å². The van der Waals surface area contributed by atoms with Crippen LogP contribution in [-0.4, -0.2) is 30.8 Å². The first kappa shape index (κ1) is 15.3. The topological polar surface area (TPSA) is 66.3 Å². The zero-order chi connectivity index (χ0) is 16.8. The average Bonchev–Trinajstić information content (AvgIpc) is 3.33. The first-order valence-electron chi connectivity index (χ1n) is 9.05. The van der Waals surface area contributed by atoms with Crippen molar-refractivity contribution in [3.63, 3.8) is 0 Å². The molecule has 4 heterocycles. The molecule has 0 spiro atoms. The number of aromatic amines is 1. The van der Waals surface area contributed by atoms with E-state index in [0.29, 0.717) is 12.6 Å². The Morgan fingerprint density at radius 3 is 3.08 bits per heavy atom. The first-order valence-corrected chi connectivity index (χ1v) is 9.93. The molecule has 1 fully saturated rings. The highest BCUT2D eigenvalue weighted by Crippen LogP contribution is 2.33. The van der Waals surface area contributed by atoms with E-state index in [1.165, 1.54) is 35.6 Å². The number of hydrogen-bond acceptors (Lipinski definition) is 5. The summed E-state index contributed by atoms with van der Waals surface area (Å²) in [6.07, 6.45) is 8.81. The van der Waals surface area contributed by atoms with Gasteiger partial charge in [0.15, 0.2) is 4.96 Å². The fourth-order valence-electron chi connectivity index (χ4n) is 4.14. The van der Waals surface area contributed by atoms with E-state index in [2.05, 4.69) is 14.9 Å². The Labute approximate surface area is 149 Å². The molecular weight excluding hydrogens is 334 g/mol. The maximum Gasteiger partial charge on any atom is 0.258 e. The Morgan fingerprint density at radius 2 is 2.16 bits per heavy atom. The van der Waals surface area contributed by atoms with Crippen LogP contribution in [0.4, 0.5) is 0 Å². The molecular formula is C18H21N5OS. The van der Waals surface area contributed by atoms with Crippen LogP contribution in [0.25, 0.3) is 4.96 Å². The standard InChI is InChI=1S/C18H21N5OS/c24-16-10-12(19-18-23(16)8-9-25-18)11-22-7-3-6-15(22)17-20-13-4-1-2-5-14(13)21-17/h8-10,15H,1-7,11H2,(H,20,21). The molecule has 3 aromatic rings. The molecule has 2 aliphatic rings. The zero-order valence-corrected chi connectivity index (χ0v) is 14.9. The predicted octanol–water partition coefficient (Wildman–Crippen LogP) is 2.70. The second-order valence-corrected chi connectivity index (χ2v) is 7.90. The fraction of sp³-hybridized carbons (Fsp3) is 0.500. The molecule has 1 saturated heterocycles. The minimum atomic E-state index is 0.00506. The van der Waals surface area contributed by atoms with E-state index in [1.807, 2.05) is 5.38 Å². The Kier molecular flexibility index (Phi) is 3.71. The first-order chi connectivity index (χ1) is 12.3. The molecule has 25 heavy (non-hydrogen) atoms. The van der Waals surface area contributed by atoms with Crippen LogP contribution in [0.5, 0.6) is 0 Å². The maximum absolute atomic E-state index is 12.2. The van der Waals surface area contributed by atoms with Gasteiger partial charge in [-0.25, -0.2) is 9.97 Å². The summed E-state index contributed by atoms with van der Waals surface area (Å²) in [5, 5.41) is 1.90. The van der Waals surface area contributed by atoms with Gasteiger partial charge in [-0.15, -0.1) is 11.3 Å². The van der Waals surface area contributed by atoms with Crippen LogP contribution in [0.2, 0.25) is 0 Å². The van der Waals surface area contributed by atoms with E-state index >= 15 is 0 Å². The van der Waals surface area contributed by atoms with Gasteiger partial charge in [-0.3, -0.25) is 14.1 Å². The lowest BCUT2D eigenvalue weighted by molar-refractivity contribution is 0.238. The van der Waals surface area contributed by atoms with Crippen molar-refractivity contribution in [2.45, 2.75) is 51.1 Å². The molecule has 1 aliphatic carbocycles. The third-order valence-corrected chi connectivity index (χ3v) is 6.13. The molecule has 6 nitrogen and oxygen atoms in total. The molecule has 1 atom stereocenters. The number of nitrogens with one attached hydrogen (secondary N) is 1. The summed E-state index contributed by atoms with van der Waals surface area (Å²) in [6.45, 7) is 1.74. The maximum atomic E-state index is 12.2. The third-order valence-electron chi connectivity index (χ3n) is 5.37. The van der Waals surface area contributed by atoms with Crippen LogP contribution >= 0.6 is 11.3 Å². The lowest BCUT2D eigenvalue weighted by Crippen LogP contribution is -2.25. The van der Waals surface area contributed by atoms with Gasteiger partial charge in [-0.2, -0.15) is 0 Å². The Hall–Kier alpha value is -1.99. The number of likely N-dealkylation sites (tertiary alicyclic amines) is 1. The van der Waals surface area contributed by atoms with E-state index in [4.69, 9.17) is 4.98 Å². The molecule has 5 rings (SSSR count). The number of fused-ring (bicyclic) bond motifs is 2. The number of rotatable bonds is 3. The smallest absolute Gasteiger partial charge is 0.258 e. The highest BCUT2D eigenvalue weighted by Gasteiger charge is 2.30. The number of nitrogens with zero attached hydrogens (tertiary/aromatic N) is 4. The van der Waals surface area contributed by atoms with Gasteiger partial charge in [0, 0.05) is 29.9 Å². The molecule has 7 heteroatoms. The Bertz CT molecular complexity index is 948. The van der Waals surface area contributed by atoms with Gasteiger partial charge in [0.2, 0.25) is 0 Å². The number of aromatic nitrogens is 4. The summed E-state index contributed by atoms with van der Waals surface area (Å²) in [5.74, 6) is 1.11. The molecule has 1 unspecified atom stereocenters. The predicted molar refractivity (Wildman–Crippen MR) is 97.0 cm³/mol. The Balaban J connectivity index is 1.42. The number of imidazole rings is 1. The van der Waals surface area contributed by atoms with Crippen molar-refractivity contribution < 1.29 is 0 Å². The van der Waals surface area contributed by atoms with Crippen molar-refractivity contribution >= 4 is 16.3 Å². The van der Waals surface area contributed by atoms with Gasteiger partial charge >= 0.3 is 0 Å². The van der Waals surface area contributed by atoms with Crippen LogP contribution in [0.15, 0.2) is 22.4 Å². The second-order valence-electron chi connectivity index (χ2n) is 7.02. The van der Waals surface area contributed by atoms with Crippen molar-refractivity contribution in [1.29, 1.82) is 0 Å². The van der Waals surface area contributed by atoms with Crippen LogP contribution in [0.1, 0.15) is 54.6 Å². The molecule has 0 aromatic carbocycles. The van der Waals surface area contributed by atoms with Crippen molar-refractivity contribution in [3.8, 4) is 0 Å². The van der Waals surface area contributed by atoms with E-state index in [-0.39, 0.29) is 5.56 Å². The van der Waals surface area contributed by atoms with Gasteiger partial charge < -0.3 is 4.98 Å². The fourth-order valence-corrected chi connectivity index (χ4v) is 4.87. The van der Waals surface area contributed by atoms with Crippen LogP contribution in [0, 0.1) is 0 Å². The summed E-state index contributed by atoms with van der Waals surface area (Å²) in [6, 6.07) is 1.98. The van der Waals surface area contributed by atoms with Crippen LogP contribution in [-0.2, 0) is 19.4 Å². The van der Waals surface area contributed by atoms with Crippen LogP contribution < -0.4 is 5.56 Å². The lowest BCUT2D eigenvalue weighted by atomic mass is 10.0. The summed E-state index contributed by atoms with van der Waals surface area (Å²) in [5.41, 5.74) is 3.47. The van der Waals surface area contributed by atoms with Crippen LogP contribution in [0.3, 0.4) is 0 Å². The minimum absolute atomic E-state index is 0.00506. The zero-order valence-electron chi connectivity index (χ0n) is 14.1. The molecule has 0 amide bonds. The molecule has 0 saturated carbocycles. The highest BCUT2D eigenvalue weighted by molar-refractivity contribution is 7.15. The number of hydrogen-bond donors (Lipinski definition) is 1. The second kappa shape index (κ2) is 6.07. The summed E-state index contributed by atoms with van der Waals surface area (Å²) in [4.78, 5) is 28.5. The van der Waals surface area contributed by atoms with E-state index in [1.54, 1.807) is 16.7 Å². The minimum Gasteiger partial charge on any atom is -0.344 e. The molecule has 3 aromatic heterocycles. The van der Waals surface area contributed by atoms with Crippen molar-refractivity contribution in [1.82, 2.24) is 24.3 Å². The van der Waals surface area contributed by atoms with Gasteiger partial charge in [0.1, 0.15) is 5.82 Å². The van der Waals surface area contributed by atoms with Gasteiger partial charge in [-0.1, -0.05) is 0 Å². The van der Waals surface area contributed by atoms with E-state index in [0.717, 1.165) is 48.7 Å². The normalized spacial score (nSPS) is 21.0. The Morgan fingerprint density at radius 1 is 1.24 bits per heavy atom. The van der Waals surface area contributed by atoms with Gasteiger partial charge in [0.05, 0.1) is 17.4 Å². The van der Waals surface area contributed by atoms with E-state index in [9.17, 15) is 4.79 Å².